The number of ether oxygens (including phenoxy) is 1. The average molecular weight is 210 g/mol. The number of ketones is 1. The van der Waals surface area contributed by atoms with E-state index in [-0.39, 0.29) is 23.7 Å². The summed E-state index contributed by atoms with van der Waals surface area (Å²) >= 11 is 0. The summed E-state index contributed by atoms with van der Waals surface area (Å²) < 4.78 is 5.03. The lowest BCUT2D eigenvalue weighted by Crippen LogP contribution is -2.39. The summed E-state index contributed by atoms with van der Waals surface area (Å²) in [6.07, 6.45) is 4.56. The quantitative estimate of drug-likeness (QED) is 0.654. The van der Waals surface area contributed by atoms with E-state index in [9.17, 15) is 9.59 Å². The molecule has 15 heavy (non-hydrogen) atoms. The predicted molar refractivity (Wildman–Crippen MR) is 55.2 cm³/mol. The maximum atomic E-state index is 11.8. The largest absolute Gasteiger partial charge is 0.466 e. The fraction of sp³-hybridized carbons (Fsp3) is 0.833. The van der Waals surface area contributed by atoms with E-state index in [1.54, 1.807) is 0 Å². The number of hydrogen-bond acceptors (Lipinski definition) is 3. The third-order valence-corrected chi connectivity index (χ3v) is 3.67. The summed E-state index contributed by atoms with van der Waals surface area (Å²) in [5.41, 5.74) is 0. The summed E-state index contributed by atoms with van der Waals surface area (Å²) in [6, 6.07) is 0. The van der Waals surface area contributed by atoms with Crippen molar-refractivity contribution in [2.24, 2.45) is 17.8 Å². The lowest BCUT2D eigenvalue weighted by atomic mass is 9.67. The summed E-state index contributed by atoms with van der Waals surface area (Å²) in [6.45, 7) is 2.27. The van der Waals surface area contributed by atoms with Crippen LogP contribution in [0.25, 0.3) is 0 Å². The fourth-order valence-electron chi connectivity index (χ4n) is 2.93. The Hall–Kier alpha value is -0.860. The van der Waals surface area contributed by atoms with E-state index in [1.165, 1.54) is 0 Å². The number of carbonyl (C=O) groups is 2. The highest BCUT2D eigenvalue weighted by Crippen LogP contribution is 2.40. The number of rotatable bonds is 2. The monoisotopic (exact) mass is 210 g/mol. The van der Waals surface area contributed by atoms with Gasteiger partial charge in [-0.3, -0.25) is 9.59 Å². The van der Waals surface area contributed by atoms with Gasteiger partial charge in [0.15, 0.2) is 0 Å². The maximum Gasteiger partial charge on any atom is 0.308 e. The third-order valence-electron chi connectivity index (χ3n) is 3.67. The third kappa shape index (κ3) is 2.06. The molecule has 3 nitrogen and oxygen atoms in total. The summed E-state index contributed by atoms with van der Waals surface area (Å²) in [5.74, 6) is 0.584. The molecule has 2 rings (SSSR count). The van der Waals surface area contributed by atoms with Gasteiger partial charge in [-0.25, -0.2) is 0 Å². The van der Waals surface area contributed by atoms with Gasteiger partial charge < -0.3 is 4.74 Å². The zero-order valence-corrected chi connectivity index (χ0v) is 9.20. The molecule has 0 N–H and O–H groups in total. The molecule has 2 aliphatic carbocycles. The standard InChI is InChI=1S/C12H18O3/c1-2-15-12(14)10-6-8-4-3-5-9(7-10)11(8)13/h8-10H,2-7H2,1H3/t8-,9+,10?. The van der Waals surface area contributed by atoms with Gasteiger partial charge in [-0.15, -0.1) is 0 Å². The first-order valence-corrected chi connectivity index (χ1v) is 5.92. The molecule has 2 aliphatic rings. The molecule has 2 fully saturated rings. The van der Waals surface area contributed by atoms with Crippen LogP contribution >= 0.6 is 0 Å². The van der Waals surface area contributed by atoms with Crippen molar-refractivity contribution in [1.29, 1.82) is 0 Å². The second kappa shape index (κ2) is 4.33. The van der Waals surface area contributed by atoms with Crippen LogP contribution in [-0.2, 0) is 14.3 Å². The van der Waals surface area contributed by atoms with Crippen LogP contribution in [0.2, 0.25) is 0 Å². The zero-order valence-electron chi connectivity index (χ0n) is 9.20. The summed E-state index contributed by atoms with van der Waals surface area (Å²) in [5, 5.41) is 0. The van der Waals surface area contributed by atoms with Crippen LogP contribution in [0.4, 0.5) is 0 Å². The van der Waals surface area contributed by atoms with Gasteiger partial charge in [-0.2, -0.15) is 0 Å². The van der Waals surface area contributed by atoms with E-state index in [0.29, 0.717) is 12.4 Å². The number of hydrogen-bond donors (Lipinski definition) is 0. The lowest BCUT2D eigenvalue weighted by molar-refractivity contribution is -0.153. The first-order chi connectivity index (χ1) is 7.22. The van der Waals surface area contributed by atoms with E-state index in [0.717, 1.165) is 32.1 Å². The molecule has 0 amide bonds. The molecule has 3 atom stereocenters. The minimum atomic E-state index is -0.0955. The molecule has 0 heterocycles. The first kappa shape index (κ1) is 10.7. The molecule has 2 bridgehead atoms. The molecule has 0 aliphatic heterocycles. The van der Waals surface area contributed by atoms with Crippen LogP contribution in [0.5, 0.6) is 0 Å². The topological polar surface area (TPSA) is 43.4 Å². The minimum Gasteiger partial charge on any atom is -0.466 e. The van der Waals surface area contributed by atoms with E-state index in [2.05, 4.69) is 0 Å². The van der Waals surface area contributed by atoms with E-state index >= 15 is 0 Å². The van der Waals surface area contributed by atoms with Gasteiger partial charge in [0.2, 0.25) is 0 Å². The van der Waals surface area contributed by atoms with Crippen molar-refractivity contribution in [3.63, 3.8) is 0 Å². The van der Waals surface area contributed by atoms with Crippen molar-refractivity contribution >= 4 is 11.8 Å². The molecular formula is C12H18O3. The number of carbonyl (C=O) groups excluding carboxylic acids is 2. The molecule has 0 saturated heterocycles. The van der Waals surface area contributed by atoms with Gasteiger partial charge in [0.05, 0.1) is 12.5 Å². The smallest absolute Gasteiger partial charge is 0.308 e. The molecule has 3 heteroatoms. The molecule has 0 radical (unpaired) electrons. The van der Waals surface area contributed by atoms with Gasteiger partial charge in [-0.1, -0.05) is 6.42 Å². The SMILES string of the molecule is CCOC(=O)C1C[C@H]2CCC[C@@H](C1)C2=O. The van der Waals surface area contributed by atoms with Crippen LogP contribution in [-0.4, -0.2) is 18.4 Å². The zero-order chi connectivity index (χ0) is 10.8. The average Bonchev–Trinajstić information content (AvgIpc) is 2.17. The fourth-order valence-corrected chi connectivity index (χ4v) is 2.93. The highest BCUT2D eigenvalue weighted by molar-refractivity contribution is 5.87. The molecule has 84 valence electrons. The molecular weight excluding hydrogens is 192 g/mol. The minimum absolute atomic E-state index is 0.0158. The Balaban J connectivity index is 2.01. The van der Waals surface area contributed by atoms with Crippen LogP contribution < -0.4 is 0 Å². The van der Waals surface area contributed by atoms with Crippen molar-refractivity contribution in [3.05, 3.63) is 0 Å². The number of Topliss-reactive ketones (excluding diaryl/α,β-unsaturated/α-hetero) is 1. The van der Waals surface area contributed by atoms with E-state index < -0.39 is 0 Å². The number of fused-ring (bicyclic) bond motifs is 2. The van der Waals surface area contributed by atoms with Crippen molar-refractivity contribution in [2.45, 2.75) is 39.0 Å². The Labute approximate surface area is 90.2 Å². The van der Waals surface area contributed by atoms with Gasteiger partial charge in [0, 0.05) is 11.8 Å². The Morgan fingerprint density at radius 1 is 1.33 bits per heavy atom. The summed E-state index contributed by atoms with van der Waals surface area (Å²) in [7, 11) is 0. The van der Waals surface area contributed by atoms with Crippen molar-refractivity contribution in [1.82, 2.24) is 0 Å². The molecule has 0 aromatic heterocycles. The normalized spacial score (nSPS) is 35.0. The molecule has 1 unspecified atom stereocenters. The van der Waals surface area contributed by atoms with Crippen molar-refractivity contribution < 1.29 is 14.3 Å². The van der Waals surface area contributed by atoms with Crippen LogP contribution in [0.15, 0.2) is 0 Å². The molecule has 0 aromatic rings. The Kier molecular flexibility index (Phi) is 3.08. The second-order valence-electron chi connectivity index (χ2n) is 4.65. The molecule has 0 aromatic carbocycles. The second-order valence-corrected chi connectivity index (χ2v) is 4.65. The Bertz CT molecular complexity index is 256. The summed E-state index contributed by atoms with van der Waals surface area (Å²) in [4.78, 5) is 23.4. The van der Waals surface area contributed by atoms with E-state index in [4.69, 9.17) is 4.74 Å². The Morgan fingerprint density at radius 2 is 1.93 bits per heavy atom. The van der Waals surface area contributed by atoms with Crippen LogP contribution in [0.1, 0.15) is 39.0 Å². The van der Waals surface area contributed by atoms with E-state index in [1.807, 2.05) is 6.92 Å². The molecule has 0 spiro atoms. The first-order valence-electron chi connectivity index (χ1n) is 5.92. The highest BCUT2D eigenvalue weighted by Gasteiger charge is 2.41. The van der Waals surface area contributed by atoms with Crippen molar-refractivity contribution in [3.8, 4) is 0 Å². The van der Waals surface area contributed by atoms with Gasteiger partial charge in [0.1, 0.15) is 5.78 Å². The lowest BCUT2D eigenvalue weighted by Gasteiger charge is -2.36. The molecule has 2 saturated carbocycles. The Morgan fingerprint density at radius 3 is 2.47 bits per heavy atom. The van der Waals surface area contributed by atoms with Crippen LogP contribution in [0, 0.1) is 17.8 Å². The van der Waals surface area contributed by atoms with Gasteiger partial charge >= 0.3 is 5.97 Å². The van der Waals surface area contributed by atoms with Gasteiger partial charge in [-0.05, 0) is 32.6 Å². The van der Waals surface area contributed by atoms with Crippen LogP contribution in [0.3, 0.4) is 0 Å². The number of esters is 1. The maximum absolute atomic E-state index is 11.8. The van der Waals surface area contributed by atoms with Crippen molar-refractivity contribution in [2.75, 3.05) is 6.61 Å². The highest BCUT2D eigenvalue weighted by atomic mass is 16.5. The van der Waals surface area contributed by atoms with Gasteiger partial charge in [0.25, 0.3) is 0 Å². The predicted octanol–water partition coefficient (Wildman–Crippen LogP) is 1.94.